The predicted molar refractivity (Wildman–Crippen MR) is 116 cm³/mol. The summed E-state index contributed by atoms with van der Waals surface area (Å²) in [5.74, 6) is 1.31. The van der Waals surface area contributed by atoms with Gasteiger partial charge in [-0.25, -0.2) is 4.79 Å². The SMILES string of the molecule is COc1cc(C(=O)Nc2ccc(NC(=O)NCc3ccco3)cc2)cc(OC)c1Br. The monoisotopic (exact) mass is 473 g/mol. The van der Waals surface area contributed by atoms with Gasteiger partial charge in [-0.2, -0.15) is 0 Å². The molecular weight excluding hydrogens is 454 g/mol. The van der Waals surface area contributed by atoms with Gasteiger partial charge in [-0.3, -0.25) is 4.79 Å². The molecule has 2 aromatic carbocycles. The maximum atomic E-state index is 12.6. The van der Waals surface area contributed by atoms with E-state index in [1.807, 2.05) is 0 Å². The number of methoxy groups -OCH3 is 2. The van der Waals surface area contributed by atoms with Gasteiger partial charge >= 0.3 is 6.03 Å². The van der Waals surface area contributed by atoms with E-state index in [-0.39, 0.29) is 18.5 Å². The molecule has 3 rings (SSSR count). The summed E-state index contributed by atoms with van der Waals surface area (Å²) < 4.78 is 16.3. The van der Waals surface area contributed by atoms with Crippen molar-refractivity contribution in [3.05, 3.63) is 70.6 Å². The predicted octanol–water partition coefficient (Wildman–Crippen LogP) is 4.63. The van der Waals surface area contributed by atoms with Gasteiger partial charge in [0.15, 0.2) is 0 Å². The second-order valence-electron chi connectivity index (χ2n) is 6.11. The number of amides is 3. The Morgan fingerprint density at radius 3 is 2.10 bits per heavy atom. The molecule has 1 aromatic heterocycles. The first-order valence-electron chi connectivity index (χ1n) is 8.90. The molecule has 0 saturated carbocycles. The second-order valence-corrected chi connectivity index (χ2v) is 6.91. The Hall–Kier alpha value is -3.46. The molecule has 0 bridgehead atoms. The van der Waals surface area contributed by atoms with E-state index >= 15 is 0 Å². The Balaban J connectivity index is 1.60. The zero-order valence-electron chi connectivity index (χ0n) is 16.3. The molecule has 0 aliphatic carbocycles. The van der Waals surface area contributed by atoms with E-state index in [0.29, 0.717) is 38.7 Å². The van der Waals surface area contributed by atoms with Crippen molar-refractivity contribution < 1.29 is 23.5 Å². The Morgan fingerprint density at radius 1 is 0.967 bits per heavy atom. The zero-order valence-corrected chi connectivity index (χ0v) is 17.9. The largest absolute Gasteiger partial charge is 0.495 e. The fourth-order valence-electron chi connectivity index (χ4n) is 2.60. The number of hydrogen-bond acceptors (Lipinski definition) is 5. The van der Waals surface area contributed by atoms with Crippen molar-refractivity contribution in [3.63, 3.8) is 0 Å². The molecule has 3 amide bonds. The Bertz CT molecular complexity index is 995. The van der Waals surface area contributed by atoms with Gasteiger partial charge in [0.2, 0.25) is 0 Å². The number of rotatable bonds is 7. The summed E-state index contributed by atoms with van der Waals surface area (Å²) in [5, 5.41) is 8.20. The van der Waals surface area contributed by atoms with Crippen LogP contribution >= 0.6 is 15.9 Å². The number of carbonyl (C=O) groups excluding carboxylic acids is 2. The van der Waals surface area contributed by atoms with Crippen LogP contribution in [-0.2, 0) is 6.54 Å². The minimum atomic E-state index is -0.364. The van der Waals surface area contributed by atoms with Gasteiger partial charge in [0.1, 0.15) is 21.7 Å². The molecule has 0 unspecified atom stereocenters. The minimum absolute atomic E-state index is 0.285. The summed E-state index contributed by atoms with van der Waals surface area (Å²) in [6.45, 7) is 0.285. The van der Waals surface area contributed by atoms with E-state index in [1.165, 1.54) is 14.2 Å². The Kier molecular flexibility index (Phi) is 6.97. The van der Waals surface area contributed by atoms with E-state index in [4.69, 9.17) is 13.9 Å². The van der Waals surface area contributed by atoms with Crippen LogP contribution in [0.25, 0.3) is 0 Å². The summed E-state index contributed by atoms with van der Waals surface area (Å²) in [6.07, 6.45) is 1.54. The molecule has 9 heteroatoms. The second kappa shape index (κ2) is 9.84. The van der Waals surface area contributed by atoms with E-state index in [1.54, 1.807) is 54.8 Å². The minimum Gasteiger partial charge on any atom is -0.495 e. The molecule has 3 N–H and O–H groups in total. The van der Waals surface area contributed by atoms with Crippen LogP contribution in [0, 0.1) is 0 Å². The highest BCUT2D eigenvalue weighted by Crippen LogP contribution is 2.35. The third kappa shape index (κ3) is 5.32. The summed E-state index contributed by atoms with van der Waals surface area (Å²) in [6, 6.07) is 13.1. The van der Waals surface area contributed by atoms with Crippen molar-refractivity contribution in [2.24, 2.45) is 0 Å². The van der Waals surface area contributed by atoms with E-state index in [0.717, 1.165) is 0 Å². The number of hydrogen-bond donors (Lipinski definition) is 3. The van der Waals surface area contributed by atoms with Crippen molar-refractivity contribution in [2.45, 2.75) is 6.54 Å². The normalized spacial score (nSPS) is 10.2. The highest BCUT2D eigenvalue weighted by atomic mass is 79.9. The number of urea groups is 1. The average Bonchev–Trinajstić information content (AvgIpc) is 3.27. The number of furan rings is 1. The Morgan fingerprint density at radius 2 is 1.57 bits per heavy atom. The molecule has 0 fully saturated rings. The summed E-state index contributed by atoms with van der Waals surface area (Å²) in [7, 11) is 3.02. The van der Waals surface area contributed by atoms with Gasteiger partial charge in [-0.05, 0) is 64.5 Å². The average molecular weight is 474 g/mol. The van der Waals surface area contributed by atoms with Crippen molar-refractivity contribution >= 4 is 39.2 Å². The number of halogens is 1. The fourth-order valence-corrected chi connectivity index (χ4v) is 3.15. The van der Waals surface area contributed by atoms with Crippen LogP contribution in [-0.4, -0.2) is 26.2 Å². The summed E-state index contributed by atoms with van der Waals surface area (Å²) >= 11 is 3.37. The molecule has 1 heterocycles. The molecule has 0 aliphatic rings. The van der Waals surface area contributed by atoms with Crippen molar-refractivity contribution in [1.82, 2.24) is 5.32 Å². The van der Waals surface area contributed by atoms with Gasteiger partial charge in [0.05, 0.1) is 27.0 Å². The number of nitrogens with one attached hydrogen (secondary N) is 3. The van der Waals surface area contributed by atoms with Gasteiger partial charge in [-0.1, -0.05) is 0 Å². The number of benzene rings is 2. The molecular formula is C21H20BrN3O5. The third-order valence-corrected chi connectivity index (χ3v) is 4.89. The first-order valence-corrected chi connectivity index (χ1v) is 9.69. The van der Waals surface area contributed by atoms with Gasteiger partial charge in [-0.15, -0.1) is 0 Å². The maximum Gasteiger partial charge on any atom is 0.319 e. The molecule has 156 valence electrons. The van der Waals surface area contributed by atoms with Crippen LogP contribution < -0.4 is 25.4 Å². The topological polar surface area (TPSA) is 102 Å². The first kappa shape index (κ1) is 21.3. The van der Waals surface area contributed by atoms with Gasteiger partial charge in [0, 0.05) is 16.9 Å². The van der Waals surface area contributed by atoms with Crippen LogP contribution in [0.5, 0.6) is 11.5 Å². The van der Waals surface area contributed by atoms with Crippen molar-refractivity contribution in [3.8, 4) is 11.5 Å². The highest BCUT2D eigenvalue weighted by Gasteiger charge is 2.15. The first-order chi connectivity index (χ1) is 14.5. The van der Waals surface area contributed by atoms with Gasteiger partial charge < -0.3 is 29.8 Å². The molecule has 0 spiro atoms. The lowest BCUT2D eigenvalue weighted by Crippen LogP contribution is -2.27. The molecule has 8 nitrogen and oxygen atoms in total. The lowest BCUT2D eigenvalue weighted by atomic mass is 10.1. The summed E-state index contributed by atoms with van der Waals surface area (Å²) in [5.41, 5.74) is 1.53. The quantitative estimate of drug-likeness (QED) is 0.464. The molecule has 0 atom stereocenters. The highest BCUT2D eigenvalue weighted by molar-refractivity contribution is 9.10. The standard InChI is InChI=1S/C21H20BrN3O5/c1-28-17-10-13(11-18(29-2)19(17)22)20(26)24-14-5-7-15(8-6-14)25-21(27)23-12-16-4-3-9-30-16/h3-11H,12H2,1-2H3,(H,24,26)(H2,23,25,27). The van der Waals surface area contributed by atoms with Crippen LogP contribution in [0.4, 0.5) is 16.2 Å². The van der Waals surface area contributed by atoms with Crippen molar-refractivity contribution in [2.75, 3.05) is 24.9 Å². The lowest BCUT2D eigenvalue weighted by Gasteiger charge is -2.12. The molecule has 0 aliphatic heterocycles. The molecule has 0 radical (unpaired) electrons. The van der Waals surface area contributed by atoms with Crippen LogP contribution in [0.3, 0.4) is 0 Å². The smallest absolute Gasteiger partial charge is 0.319 e. The van der Waals surface area contributed by atoms with E-state index < -0.39 is 0 Å². The fraction of sp³-hybridized carbons (Fsp3) is 0.143. The van der Waals surface area contributed by atoms with Gasteiger partial charge in [0.25, 0.3) is 5.91 Å². The lowest BCUT2D eigenvalue weighted by molar-refractivity contribution is 0.102. The van der Waals surface area contributed by atoms with E-state index in [9.17, 15) is 9.59 Å². The third-order valence-electron chi connectivity index (χ3n) is 4.11. The Labute approximate surface area is 181 Å². The number of ether oxygens (including phenoxy) is 2. The molecule has 0 saturated heterocycles. The maximum absolute atomic E-state index is 12.6. The van der Waals surface area contributed by atoms with Crippen molar-refractivity contribution in [1.29, 1.82) is 0 Å². The van der Waals surface area contributed by atoms with Crippen LogP contribution in [0.1, 0.15) is 16.1 Å². The summed E-state index contributed by atoms with van der Waals surface area (Å²) in [4.78, 5) is 24.5. The number of carbonyl (C=O) groups is 2. The molecule has 3 aromatic rings. The van der Waals surface area contributed by atoms with Crippen LogP contribution in [0.15, 0.2) is 63.7 Å². The zero-order chi connectivity index (χ0) is 21.5. The molecule has 30 heavy (non-hydrogen) atoms. The van der Waals surface area contributed by atoms with E-state index in [2.05, 4.69) is 31.9 Å². The van der Waals surface area contributed by atoms with Crippen LogP contribution in [0.2, 0.25) is 0 Å². The number of anilines is 2.